The number of likely N-dealkylation sites (tertiary alicyclic amines) is 1. The molecule has 0 unspecified atom stereocenters. The van der Waals surface area contributed by atoms with Crippen molar-refractivity contribution in [1.29, 1.82) is 0 Å². The molecule has 0 radical (unpaired) electrons. The molecular formula is C20H21NO4. The zero-order valence-corrected chi connectivity index (χ0v) is 14.2. The third kappa shape index (κ3) is 3.07. The highest BCUT2D eigenvalue weighted by atomic mass is 16.7. The Morgan fingerprint density at radius 3 is 2.44 bits per heavy atom. The molecule has 0 aromatic heterocycles. The lowest BCUT2D eigenvalue weighted by Crippen LogP contribution is -2.52. The van der Waals surface area contributed by atoms with Gasteiger partial charge in [-0.2, -0.15) is 0 Å². The summed E-state index contributed by atoms with van der Waals surface area (Å²) in [4.78, 5) is 13.3. The van der Waals surface area contributed by atoms with Crippen LogP contribution in [-0.4, -0.2) is 34.8 Å². The van der Waals surface area contributed by atoms with Gasteiger partial charge in [-0.1, -0.05) is 18.2 Å². The fraction of sp³-hybridized carbons (Fsp3) is 0.350. The van der Waals surface area contributed by atoms with Gasteiger partial charge in [0.15, 0.2) is 0 Å². The smallest absolute Gasteiger partial charge is 0.219 e. The molecular weight excluding hydrogens is 318 g/mol. The van der Waals surface area contributed by atoms with Crippen LogP contribution in [0.2, 0.25) is 0 Å². The summed E-state index contributed by atoms with van der Waals surface area (Å²) in [6.45, 7) is 3.43. The highest BCUT2D eigenvalue weighted by molar-refractivity contribution is 5.73. The van der Waals surface area contributed by atoms with Gasteiger partial charge >= 0.3 is 0 Å². The van der Waals surface area contributed by atoms with Crippen molar-refractivity contribution in [3.63, 3.8) is 0 Å². The van der Waals surface area contributed by atoms with Crippen molar-refractivity contribution in [3.8, 4) is 22.6 Å². The van der Waals surface area contributed by atoms with E-state index >= 15 is 0 Å². The molecule has 2 aliphatic heterocycles. The quantitative estimate of drug-likeness (QED) is 0.866. The number of nitrogens with zero attached hydrogens (tertiary/aromatic N) is 1. The van der Waals surface area contributed by atoms with E-state index < -0.39 is 5.79 Å². The van der Waals surface area contributed by atoms with Crippen LogP contribution in [0.5, 0.6) is 11.5 Å². The minimum absolute atomic E-state index is 0.101. The summed E-state index contributed by atoms with van der Waals surface area (Å²) >= 11 is 0. The third-order valence-corrected chi connectivity index (χ3v) is 5.02. The number of aromatic hydroxyl groups is 1. The maximum absolute atomic E-state index is 11.5. The second-order valence-electron chi connectivity index (χ2n) is 6.68. The molecule has 2 aliphatic rings. The van der Waals surface area contributed by atoms with E-state index in [1.165, 1.54) is 0 Å². The number of ether oxygens (including phenoxy) is 2. The molecule has 130 valence electrons. The van der Waals surface area contributed by atoms with Gasteiger partial charge in [0, 0.05) is 38.4 Å². The van der Waals surface area contributed by atoms with E-state index in [1.807, 2.05) is 29.2 Å². The summed E-state index contributed by atoms with van der Waals surface area (Å²) in [5.41, 5.74) is 3.12. The minimum atomic E-state index is -0.612. The predicted molar refractivity (Wildman–Crippen MR) is 93.2 cm³/mol. The van der Waals surface area contributed by atoms with Gasteiger partial charge < -0.3 is 19.5 Å². The molecule has 0 atom stereocenters. The average Bonchev–Trinajstić information content (AvgIpc) is 2.62. The van der Waals surface area contributed by atoms with Crippen molar-refractivity contribution in [2.75, 3.05) is 13.1 Å². The van der Waals surface area contributed by atoms with Crippen LogP contribution in [0.25, 0.3) is 11.1 Å². The first-order valence-corrected chi connectivity index (χ1v) is 8.55. The van der Waals surface area contributed by atoms with Crippen LogP contribution in [0.1, 0.15) is 25.3 Å². The van der Waals surface area contributed by atoms with E-state index in [0.29, 0.717) is 32.5 Å². The molecule has 2 aromatic rings. The van der Waals surface area contributed by atoms with Gasteiger partial charge in [0.2, 0.25) is 11.7 Å². The maximum Gasteiger partial charge on any atom is 0.219 e. The Bertz CT molecular complexity index is 792. The SMILES string of the molecule is CC(=O)N1CCC2(CC1)OCc1cc(-c3ccc(O)cc3)ccc1O2. The van der Waals surface area contributed by atoms with Crippen molar-refractivity contribution in [3.05, 3.63) is 48.0 Å². The molecule has 25 heavy (non-hydrogen) atoms. The maximum atomic E-state index is 11.5. The second kappa shape index (κ2) is 6.08. The summed E-state index contributed by atoms with van der Waals surface area (Å²) < 4.78 is 12.3. The number of phenols is 1. The van der Waals surface area contributed by atoms with E-state index in [9.17, 15) is 9.90 Å². The van der Waals surface area contributed by atoms with Gasteiger partial charge in [0.05, 0.1) is 6.61 Å². The lowest BCUT2D eigenvalue weighted by atomic mass is 9.99. The zero-order valence-electron chi connectivity index (χ0n) is 14.2. The van der Waals surface area contributed by atoms with Gasteiger partial charge in [-0.25, -0.2) is 0 Å². The average molecular weight is 339 g/mol. The monoisotopic (exact) mass is 339 g/mol. The normalized spacial score (nSPS) is 18.5. The molecule has 5 nitrogen and oxygen atoms in total. The molecule has 2 heterocycles. The summed E-state index contributed by atoms with van der Waals surface area (Å²) in [7, 11) is 0. The molecule has 5 heteroatoms. The van der Waals surface area contributed by atoms with Crippen molar-refractivity contribution in [2.24, 2.45) is 0 Å². The fourth-order valence-electron chi connectivity index (χ4n) is 3.47. The number of amides is 1. The van der Waals surface area contributed by atoms with Crippen molar-refractivity contribution < 1.29 is 19.4 Å². The standard InChI is InChI=1S/C20H21NO4/c1-14(22)21-10-8-20(9-11-21)24-13-17-12-16(4-7-19(17)25-20)15-2-5-18(23)6-3-15/h2-7,12,23H,8-11,13H2,1H3. The number of hydrogen-bond acceptors (Lipinski definition) is 4. The molecule has 2 aromatic carbocycles. The summed E-state index contributed by atoms with van der Waals surface area (Å²) in [5, 5.41) is 9.42. The Labute approximate surface area is 146 Å². The number of carbonyl (C=O) groups is 1. The Kier molecular flexibility index (Phi) is 3.88. The van der Waals surface area contributed by atoms with Crippen LogP contribution < -0.4 is 4.74 Å². The van der Waals surface area contributed by atoms with Crippen LogP contribution in [0.3, 0.4) is 0 Å². The molecule has 1 fully saturated rings. The van der Waals surface area contributed by atoms with E-state index in [0.717, 1.165) is 22.4 Å². The van der Waals surface area contributed by atoms with Gasteiger partial charge in [-0.3, -0.25) is 4.79 Å². The molecule has 0 aliphatic carbocycles. The number of piperidine rings is 1. The van der Waals surface area contributed by atoms with Crippen molar-refractivity contribution in [1.82, 2.24) is 4.90 Å². The van der Waals surface area contributed by atoms with Crippen LogP contribution in [0.4, 0.5) is 0 Å². The summed E-state index contributed by atoms with van der Waals surface area (Å²) in [6.07, 6.45) is 1.37. The number of fused-ring (bicyclic) bond motifs is 1. The topological polar surface area (TPSA) is 59.0 Å². The Morgan fingerprint density at radius 2 is 1.76 bits per heavy atom. The highest BCUT2D eigenvalue weighted by Gasteiger charge is 2.41. The Hall–Kier alpha value is -2.53. The van der Waals surface area contributed by atoms with E-state index in [4.69, 9.17) is 9.47 Å². The molecule has 1 amide bonds. The summed E-state index contributed by atoms with van der Waals surface area (Å²) in [6, 6.07) is 13.2. The highest BCUT2D eigenvalue weighted by Crippen LogP contribution is 2.39. The van der Waals surface area contributed by atoms with Crippen molar-refractivity contribution >= 4 is 5.91 Å². The van der Waals surface area contributed by atoms with E-state index in [2.05, 4.69) is 6.07 Å². The third-order valence-electron chi connectivity index (χ3n) is 5.02. The van der Waals surface area contributed by atoms with Crippen LogP contribution >= 0.6 is 0 Å². The van der Waals surface area contributed by atoms with E-state index in [-0.39, 0.29) is 11.7 Å². The van der Waals surface area contributed by atoms with Crippen LogP contribution in [0, 0.1) is 0 Å². The fourth-order valence-corrected chi connectivity index (χ4v) is 3.47. The zero-order chi connectivity index (χ0) is 17.4. The molecule has 1 N–H and O–H groups in total. The first-order chi connectivity index (χ1) is 12.0. The van der Waals surface area contributed by atoms with Crippen LogP contribution in [-0.2, 0) is 16.1 Å². The predicted octanol–water partition coefficient (Wildman–Crippen LogP) is 3.31. The summed E-state index contributed by atoms with van der Waals surface area (Å²) in [5.74, 6) is 0.598. The van der Waals surface area contributed by atoms with Crippen molar-refractivity contribution in [2.45, 2.75) is 32.2 Å². The van der Waals surface area contributed by atoms with Gasteiger partial charge in [0.1, 0.15) is 11.5 Å². The van der Waals surface area contributed by atoms with E-state index in [1.54, 1.807) is 19.1 Å². The second-order valence-corrected chi connectivity index (χ2v) is 6.68. The number of carbonyl (C=O) groups excluding carboxylic acids is 1. The Balaban J connectivity index is 1.53. The first kappa shape index (κ1) is 16.0. The number of phenolic OH excluding ortho intramolecular Hbond substituents is 1. The molecule has 0 bridgehead atoms. The first-order valence-electron chi connectivity index (χ1n) is 8.55. The Morgan fingerprint density at radius 1 is 1.08 bits per heavy atom. The number of hydrogen-bond donors (Lipinski definition) is 1. The van der Waals surface area contributed by atoms with Crippen LogP contribution in [0.15, 0.2) is 42.5 Å². The molecule has 1 spiro atoms. The number of benzene rings is 2. The largest absolute Gasteiger partial charge is 0.508 e. The molecule has 0 saturated carbocycles. The van der Waals surface area contributed by atoms with Gasteiger partial charge in [0.25, 0.3) is 0 Å². The molecule has 4 rings (SSSR count). The van der Waals surface area contributed by atoms with Gasteiger partial charge in [-0.15, -0.1) is 0 Å². The van der Waals surface area contributed by atoms with Gasteiger partial charge in [-0.05, 0) is 35.4 Å². The minimum Gasteiger partial charge on any atom is -0.508 e. The lowest BCUT2D eigenvalue weighted by molar-refractivity contribution is -0.227. The lowest BCUT2D eigenvalue weighted by Gasteiger charge is -2.43. The molecule has 1 saturated heterocycles. The number of rotatable bonds is 1.